The molecule has 2 amide bonds. The Kier molecular flexibility index (Phi) is 5.72. The highest BCUT2D eigenvalue weighted by Crippen LogP contribution is 2.36. The van der Waals surface area contributed by atoms with Gasteiger partial charge in [-0.05, 0) is 70.7 Å². The first kappa shape index (κ1) is 21.8. The third-order valence-corrected chi connectivity index (χ3v) is 4.01. The van der Waals surface area contributed by atoms with Crippen molar-refractivity contribution in [1.29, 1.82) is 0 Å². The second-order valence-electron chi connectivity index (χ2n) is 9.57. The van der Waals surface area contributed by atoms with Gasteiger partial charge in [0.15, 0.2) is 0 Å². The van der Waals surface area contributed by atoms with Crippen molar-refractivity contribution < 1.29 is 19.8 Å². The molecule has 0 saturated carbocycles. The Hall–Kier alpha value is -2.24. The van der Waals surface area contributed by atoms with Crippen LogP contribution in [-0.4, -0.2) is 33.5 Å². The lowest BCUT2D eigenvalue weighted by atomic mass is 9.85. The highest BCUT2D eigenvalue weighted by Gasteiger charge is 2.33. The molecule has 0 aliphatic heterocycles. The monoisotopic (exact) mass is 364 g/mol. The van der Waals surface area contributed by atoms with E-state index in [9.17, 15) is 19.8 Å². The van der Waals surface area contributed by atoms with Gasteiger partial charge in [0.1, 0.15) is 0 Å². The Morgan fingerprint density at radius 2 is 1.00 bits per heavy atom. The fourth-order valence-electron chi connectivity index (χ4n) is 2.86. The van der Waals surface area contributed by atoms with Crippen molar-refractivity contribution >= 4 is 23.6 Å². The third kappa shape index (κ3) is 4.90. The van der Waals surface area contributed by atoms with Crippen LogP contribution in [0.15, 0.2) is 18.2 Å². The fraction of sp³-hybridized carbons (Fsp3) is 0.600. The van der Waals surface area contributed by atoms with Crippen molar-refractivity contribution in [2.75, 3.05) is 9.80 Å². The van der Waals surface area contributed by atoms with E-state index in [0.29, 0.717) is 11.4 Å². The number of amides is 2. The molecular weight excluding hydrogens is 332 g/mol. The van der Waals surface area contributed by atoms with Crippen molar-refractivity contribution in [3.05, 3.63) is 23.8 Å². The fourth-order valence-corrected chi connectivity index (χ4v) is 2.86. The molecule has 0 spiro atoms. The van der Waals surface area contributed by atoms with E-state index < -0.39 is 23.3 Å². The van der Waals surface area contributed by atoms with Crippen LogP contribution in [0.4, 0.5) is 21.0 Å². The maximum absolute atomic E-state index is 11.9. The Morgan fingerprint density at radius 3 is 1.19 bits per heavy atom. The Bertz CT molecular complexity index is 641. The van der Waals surface area contributed by atoms with Crippen LogP contribution in [0.5, 0.6) is 0 Å². The first-order chi connectivity index (χ1) is 11.5. The number of benzene rings is 1. The zero-order chi connectivity index (χ0) is 20.7. The van der Waals surface area contributed by atoms with Gasteiger partial charge in [-0.15, -0.1) is 0 Å². The van der Waals surface area contributed by atoms with E-state index in [1.807, 2.05) is 74.4 Å². The highest BCUT2D eigenvalue weighted by atomic mass is 16.4. The topological polar surface area (TPSA) is 81.1 Å². The number of anilines is 2. The van der Waals surface area contributed by atoms with Crippen LogP contribution < -0.4 is 9.80 Å². The predicted molar refractivity (Wildman–Crippen MR) is 106 cm³/mol. The van der Waals surface area contributed by atoms with Gasteiger partial charge in [-0.1, -0.05) is 20.8 Å². The summed E-state index contributed by atoms with van der Waals surface area (Å²) in [6, 6.07) is 5.28. The summed E-state index contributed by atoms with van der Waals surface area (Å²) in [6.45, 7) is 16.9. The minimum atomic E-state index is -1.08. The Morgan fingerprint density at radius 1 is 0.692 bits per heavy atom. The van der Waals surface area contributed by atoms with Crippen molar-refractivity contribution in [3.8, 4) is 0 Å². The molecule has 1 aromatic carbocycles. The average Bonchev–Trinajstić information content (AvgIpc) is 2.32. The normalized spacial score (nSPS) is 12.7. The van der Waals surface area contributed by atoms with Crippen LogP contribution in [0.3, 0.4) is 0 Å². The minimum absolute atomic E-state index is 0.269. The van der Waals surface area contributed by atoms with Crippen LogP contribution in [0.1, 0.15) is 67.9 Å². The molecule has 2 N–H and O–H groups in total. The first-order valence-electron chi connectivity index (χ1n) is 8.68. The largest absolute Gasteiger partial charge is 0.465 e. The molecule has 146 valence electrons. The molecule has 0 heterocycles. The molecule has 0 bridgehead atoms. The molecule has 0 aromatic heterocycles. The van der Waals surface area contributed by atoms with Gasteiger partial charge in [0.05, 0.1) is 11.4 Å². The minimum Gasteiger partial charge on any atom is -0.465 e. The van der Waals surface area contributed by atoms with Gasteiger partial charge in [-0.2, -0.15) is 0 Å². The maximum atomic E-state index is 11.9. The average molecular weight is 364 g/mol. The Labute approximate surface area is 156 Å². The lowest BCUT2D eigenvalue weighted by molar-refractivity contribution is 0.195. The molecule has 0 unspecified atom stereocenters. The molecule has 0 atom stereocenters. The quantitative estimate of drug-likeness (QED) is 0.721. The molecule has 1 rings (SSSR count). The molecule has 26 heavy (non-hydrogen) atoms. The van der Waals surface area contributed by atoms with Gasteiger partial charge in [-0.25, -0.2) is 9.59 Å². The van der Waals surface area contributed by atoms with E-state index in [1.165, 1.54) is 9.80 Å². The number of rotatable bonds is 2. The molecule has 0 aliphatic carbocycles. The second-order valence-corrected chi connectivity index (χ2v) is 9.57. The van der Waals surface area contributed by atoms with Crippen molar-refractivity contribution in [2.45, 2.75) is 78.8 Å². The number of nitrogens with zero attached hydrogens (tertiary/aromatic N) is 2. The standard InChI is InChI=1S/C20H32N2O4/c1-18(2,3)13-10-14(21(16(23)24)19(4,5)6)12-15(11-13)22(17(25)26)20(7,8)9/h10-12H,1-9H3,(H,23,24)(H,25,26). The van der Waals surface area contributed by atoms with E-state index in [4.69, 9.17) is 0 Å². The maximum Gasteiger partial charge on any atom is 0.412 e. The zero-order valence-corrected chi connectivity index (χ0v) is 17.3. The van der Waals surface area contributed by atoms with Crippen LogP contribution >= 0.6 is 0 Å². The lowest BCUT2D eigenvalue weighted by Gasteiger charge is -2.37. The summed E-state index contributed by atoms with van der Waals surface area (Å²) < 4.78 is 0. The van der Waals surface area contributed by atoms with Crippen molar-refractivity contribution in [3.63, 3.8) is 0 Å². The van der Waals surface area contributed by atoms with Crippen molar-refractivity contribution in [1.82, 2.24) is 0 Å². The summed E-state index contributed by atoms with van der Waals surface area (Å²) in [5, 5.41) is 19.5. The smallest absolute Gasteiger partial charge is 0.412 e. The zero-order valence-electron chi connectivity index (χ0n) is 17.3. The first-order valence-corrected chi connectivity index (χ1v) is 8.68. The van der Waals surface area contributed by atoms with Crippen LogP contribution in [0.2, 0.25) is 0 Å². The second kappa shape index (κ2) is 6.82. The molecule has 0 saturated heterocycles. The van der Waals surface area contributed by atoms with Gasteiger partial charge < -0.3 is 10.2 Å². The van der Waals surface area contributed by atoms with E-state index in [0.717, 1.165) is 5.56 Å². The summed E-state index contributed by atoms with van der Waals surface area (Å²) in [5.74, 6) is 0. The SMILES string of the molecule is CC(C)(C)c1cc(N(C(=O)O)C(C)(C)C)cc(N(C(=O)O)C(C)(C)C)c1. The molecular formula is C20H32N2O4. The van der Waals surface area contributed by atoms with E-state index in [-0.39, 0.29) is 5.41 Å². The van der Waals surface area contributed by atoms with Crippen LogP contribution in [0.25, 0.3) is 0 Å². The van der Waals surface area contributed by atoms with Gasteiger partial charge in [-0.3, -0.25) is 9.80 Å². The van der Waals surface area contributed by atoms with Crippen molar-refractivity contribution in [2.24, 2.45) is 0 Å². The van der Waals surface area contributed by atoms with E-state index in [2.05, 4.69) is 0 Å². The summed E-state index contributed by atoms with van der Waals surface area (Å²) in [7, 11) is 0. The van der Waals surface area contributed by atoms with Gasteiger partial charge >= 0.3 is 12.2 Å². The van der Waals surface area contributed by atoms with Gasteiger partial charge in [0, 0.05) is 11.1 Å². The molecule has 0 radical (unpaired) electrons. The number of carboxylic acid groups (broad SMARTS) is 2. The van der Waals surface area contributed by atoms with Gasteiger partial charge in [0.2, 0.25) is 0 Å². The number of hydrogen-bond donors (Lipinski definition) is 2. The molecule has 1 aromatic rings. The highest BCUT2D eigenvalue weighted by molar-refractivity contribution is 5.92. The third-order valence-electron chi connectivity index (χ3n) is 4.01. The summed E-state index contributed by atoms with van der Waals surface area (Å²) >= 11 is 0. The summed E-state index contributed by atoms with van der Waals surface area (Å²) in [6.07, 6.45) is -2.15. The summed E-state index contributed by atoms with van der Waals surface area (Å²) in [4.78, 5) is 26.4. The molecule has 0 fully saturated rings. The predicted octanol–water partition coefficient (Wildman–Crippen LogP) is 5.55. The molecule has 6 nitrogen and oxygen atoms in total. The lowest BCUT2D eigenvalue weighted by Crippen LogP contribution is -2.47. The Balaban J connectivity index is 3.79. The van der Waals surface area contributed by atoms with E-state index in [1.54, 1.807) is 6.07 Å². The summed E-state index contributed by atoms with van der Waals surface area (Å²) in [5.41, 5.74) is 0.182. The van der Waals surface area contributed by atoms with Gasteiger partial charge in [0.25, 0.3) is 0 Å². The molecule has 0 aliphatic rings. The van der Waals surface area contributed by atoms with Crippen LogP contribution in [-0.2, 0) is 5.41 Å². The van der Waals surface area contributed by atoms with E-state index >= 15 is 0 Å². The molecule has 6 heteroatoms. The van der Waals surface area contributed by atoms with Crippen LogP contribution in [0, 0.1) is 0 Å². The number of carbonyl (C=O) groups is 2. The number of hydrogen-bond acceptors (Lipinski definition) is 2.